The lowest BCUT2D eigenvalue weighted by Gasteiger charge is -2.14. The number of benzene rings is 1. The lowest BCUT2D eigenvalue weighted by molar-refractivity contribution is 0.0951. The quantitative estimate of drug-likeness (QED) is 0.384. The van der Waals surface area contributed by atoms with E-state index in [1.807, 2.05) is 25.1 Å². The van der Waals surface area contributed by atoms with Crippen LogP contribution in [0.15, 0.2) is 30.3 Å². The van der Waals surface area contributed by atoms with Gasteiger partial charge in [0.15, 0.2) is 0 Å². The first-order valence-corrected chi connectivity index (χ1v) is 9.31. The molecule has 0 bridgehead atoms. The fourth-order valence-corrected chi connectivity index (χ4v) is 3.13. The minimum Gasteiger partial charge on any atom is -0.352 e. The van der Waals surface area contributed by atoms with Crippen LogP contribution in [-0.2, 0) is 14.0 Å². The van der Waals surface area contributed by atoms with Gasteiger partial charge in [0, 0.05) is 29.9 Å². The van der Waals surface area contributed by atoms with Crippen molar-refractivity contribution in [2.75, 3.05) is 12.3 Å². The number of carbonyl (C=O) groups is 1. The fraction of sp³-hybridized carbons (Fsp3) is 0.500. The van der Waals surface area contributed by atoms with Crippen molar-refractivity contribution in [2.45, 2.75) is 26.2 Å². The van der Waals surface area contributed by atoms with Gasteiger partial charge in [-0.1, -0.05) is 31.5 Å². The monoisotopic (exact) mass is 347 g/mol. The molecule has 0 aliphatic rings. The van der Waals surface area contributed by atoms with E-state index >= 15 is 0 Å². The second kappa shape index (κ2) is 9.83. The number of hydrogen-bond acceptors (Lipinski definition) is 5. The van der Waals surface area contributed by atoms with Gasteiger partial charge in [-0.25, -0.2) is 0 Å². The van der Waals surface area contributed by atoms with Crippen LogP contribution in [0, 0.1) is 5.92 Å². The molecule has 1 unspecified atom stereocenters. The van der Waals surface area contributed by atoms with Gasteiger partial charge >= 0.3 is 10.4 Å². The predicted octanol–water partition coefficient (Wildman–Crippen LogP) is 2.69. The number of rotatable bonds is 10. The number of amides is 1. The molecule has 22 heavy (non-hydrogen) atoms. The van der Waals surface area contributed by atoms with Crippen molar-refractivity contribution in [3.8, 4) is 0 Å². The number of carbonyl (C=O) groups excluding carboxylic acids is 1. The lowest BCUT2D eigenvalue weighted by atomic mass is 9.99. The summed E-state index contributed by atoms with van der Waals surface area (Å²) in [4.78, 5) is 11.9. The Morgan fingerprint density at radius 3 is 2.59 bits per heavy atom. The zero-order chi connectivity index (χ0) is 16.4. The van der Waals surface area contributed by atoms with E-state index in [4.69, 9.17) is 4.55 Å². The SMILES string of the molecule is CCC(CCNC(=O)c1ccccc1)CCSOS(=O)(=O)O. The van der Waals surface area contributed by atoms with Crippen LogP contribution in [0.4, 0.5) is 0 Å². The molecule has 0 fully saturated rings. The summed E-state index contributed by atoms with van der Waals surface area (Å²) in [6, 6.07) is 9.01. The molecule has 8 heteroatoms. The van der Waals surface area contributed by atoms with Gasteiger partial charge in [0.2, 0.25) is 0 Å². The maximum atomic E-state index is 11.9. The molecule has 0 aliphatic heterocycles. The molecule has 1 amide bonds. The summed E-state index contributed by atoms with van der Waals surface area (Å²) in [5, 5.41) is 2.87. The third kappa shape index (κ3) is 8.38. The topological polar surface area (TPSA) is 92.7 Å². The first-order chi connectivity index (χ1) is 10.4. The van der Waals surface area contributed by atoms with Crippen LogP contribution in [0.5, 0.6) is 0 Å². The predicted molar refractivity (Wildman–Crippen MR) is 86.9 cm³/mol. The number of nitrogens with one attached hydrogen (secondary N) is 1. The van der Waals surface area contributed by atoms with E-state index in [1.54, 1.807) is 12.1 Å². The summed E-state index contributed by atoms with van der Waals surface area (Å²) in [6.45, 7) is 2.61. The van der Waals surface area contributed by atoms with Crippen molar-refractivity contribution >= 4 is 28.3 Å². The van der Waals surface area contributed by atoms with E-state index in [0.717, 1.165) is 19.3 Å². The molecule has 0 saturated heterocycles. The van der Waals surface area contributed by atoms with Crippen molar-refractivity contribution in [1.29, 1.82) is 0 Å². The molecule has 1 atom stereocenters. The summed E-state index contributed by atoms with van der Waals surface area (Å²) in [5.74, 6) is 0.721. The van der Waals surface area contributed by atoms with Gasteiger partial charge in [-0.05, 0) is 30.9 Å². The van der Waals surface area contributed by atoms with E-state index < -0.39 is 10.4 Å². The summed E-state index contributed by atoms with van der Waals surface area (Å²) >= 11 is 0.715. The van der Waals surface area contributed by atoms with Gasteiger partial charge < -0.3 is 5.32 Å². The standard InChI is InChI=1S/C14H21NO5S2/c1-2-12(9-11-21-20-22(17,18)19)8-10-15-14(16)13-6-4-3-5-7-13/h3-7,12H,2,8-11H2,1H3,(H,15,16)(H,17,18,19). The van der Waals surface area contributed by atoms with E-state index in [0.29, 0.717) is 35.8 Å². The molecule has 1 aromatic rings. The normalized spacial score (nSPS) is 12.8. The molecule has 124 valence electrons. The van der Waals surface area contributed by atoms with Crippen molar-refractivity contribution in [3.63, 3.8) is 0 Å². The summed E-state index contributed by atoms with van der Waals surface area (Å²) in [7, 11) is -4.38. The summed E-state index contributed by atoms with van der Waals surface area (Å²) < 4.78 is 33.4. The largest absolute Gasteiger partial charge is 0.408 e. The highest BCUT2D eigenvalue weighted by atomic mass is 32.3. The van der Waals surface area contributed by atoms with Crippen LogP contribution >= 0.6 is 12.0 Å². The van der Waals surface area contributed by atoms with Crippen molar-refractivity contribution in [1.82, 2.24) is 5.32 Å². The van der Waals surface area contributed by atoms with E-state index in [1.165, 1.54) is 0 Å². The minimum atomic E-state index is -4.38. The third-order valence-electron chi connectivity index (χ3n) is 3.20. The molecule has 0 saturated carbocycles. The highest BCUT2D eigenvalue weighted by Gasteiger charge is 2.10. The molecule has 0 heterocycles. The maximum absolute atomic E-state index is 11.9. The highest BCUT2D eigenvalue weighted by molar-refractivity contribution is 8.02. The van der Waals surface area contributed by atoms with Crippen LogP contribution in [-0.4, -0.2) is 31.2 Å². The fourth-order valence-electron chi connectivity index (χ4n) is 1.94. The van der Waals surface area contributed by atoms with Crippen LogP contribution in [0.3, 0.4) is 0 Å². The minimum absolute atomic E-state index is 0.0977. The molecule has 0 radical (unpaired) electrons. The Bertz CT molecular complexity index is 548. The molecule has 1 aromatic carbocycles. The molecule has 0 aliphatic carbocycles. The Balaban J connectivity index is 2.22. The second-order valence-electron chi connectivity index (χ2n) is 4.79. The lowest BCUT2D eigenvalue weighted by Crippen LogP contribution is -2.26. The van der Waals surface area contributed by atoms with Gasteiger partial charge in [0.25, 0.3) is 5.91 Å². The van der Waals surface area contributed by atoms with Gasteiger partial charge in [-0.3, -0.25) is 9.35 Å². The van der Waals surface area contributed by atoms with Gasteiger partial charge in [-0.2, -0.15) is 12.0 Å². The van der Waals surface area contributed by atoms with Crippen LogP contribution in [0.25, 0.3) is 0 Å². The van der Waals surface area contributed by atoms with Crippen LogP contribution < -0.4 is 5.32 Å². The molecule has 1 rings (SSSR count). The Hall–Kier alpha value is -1.09. The van der Waals surface area contributed by atoms with Gasteiger partial charge in [0.1, 0.15) is 0 Å². The average molecular weight is 347 g/mol. The van der Waals surface area contributed by atoms with Crippen molar-refractivity contribution in [3.05, 3.63) is 35.9 Å². The van der Waals surface area contributed by atoms with E-state index in [9.17, 15) is 13.2 Å². The first kappa shape index (κ1) is 19.0. The first-order valence-electron chi connectivity index (χ1n) is 7.04. The second-order valence-corrected chi connectivity index (χ2v) is 6.84. The molecule has 6 nitrogen and oxygen atoms in total. The highest BCUT2D eigenvalue weighted by Crippen LogP contribution is 2.18. The maximum Gasteiger partial charge on any atom is 0.408 e. The third-order valence-corrected chi connectivity index (χ3v) is 4.67. The molecular formula is C14H21NO5S2. The van der Waals surface area contributed by atoms with Gasteiger partial charge in [0.05, 0.1) is 0 Å². The Labute approximate surface area is 135 Å². The molecule has 0 aromatic heterocycles. The number of hydrogen-bond donors (Lipinski definition) is 2. The van der Waals surface area contributed by atoms with Gasteiger partial charge in [-0.15, -0.1) is 0 Å². The smallest absolute Gasteiger partial charge is 0.352 e. The Morgan fingerprint density at radius 2 is 2.00 bits per heavy atom. The zero-order valence-corrected chi connectivity index (χ0v) is 14.0. The zero-order valence-electron chi connectivity index (χ0n) is 12.4. The summed E-state index contributed by atoms with van der Waals surface area (Å²) in [5.41, 5.74) is 0.632. The van der Waals surface area contributed by atoms with Crippen molar-refractivity contribution < 1.29 is 21.4 Å². The van der Waals surface area contributed by atoms with Crippen molar-refractivity contribution in [2.24, 2.45) is 5.92 Å². The van der Waals surface area contributed by atoms with E-state index in [-0.39, 0.29) is 5.91 Å². The van der Waals surface area contributed by atoms with Crippen LogP contribution in [0.1, 0.15) is 36.5 Å². The molecule has 0 spiro atoms. The Morgan fingerprint density at radius 1 is 1.32 bits per heavy atom. The van der Waals surface area contributed by atoms with Crippen LogP contribution in [0.2, 0.25) is 0 Å². The molecule has 2 N–H and O–H groups in total. The molecular weight excluding hydrogens is 326 g/mol. The Kier molecular flexibility index (Phi) is 8.47. The summed E-state index contributed by atoms with van der Waals surface area (Å²) in [6.07, 6.45) is 2.48. The average Bonchev–Trinajstić information content (AvgIpc) is 2.49. The van der Waals surface area contributed by atoms with E-state index in [2.05, 4.69) is 8.95 Å².